The maximum atomic E-state index is 5.92. The molecule has 1 fully saturated rings. The van der Waals surface area contributed by atoms with Gasteiger partial charge in [0.1, 0.15) is 6.33 Å². The van der Waals surface area contributed by atoms with Gasteiger partial charge in [-0.15, -0.1) is 0 Å². The summed E-state index contributed by atoms with van der Waals surface area (Å²) >= 11 is 0. The molecule has 0 spiro atoms. The van der Waals surface area contributed by atoms with Gasteiger partial charge in [0.15, 0.2) is 0 Å². The van der Waals surface area contributed by atoms with Crippen LogP contribution in [0.5, 0.6) is 0 Å². The molecule has 0 saturated heterocycles. The molecule has 0 bridgehead atoms. The maximum absolute atomic E-state index is 5.92. The molecule has 1 aliphatic rings. The highest BCUT2D eigenvalue weighted by Crippen LogP contribution is 2.38. The van der Waals surface area contributed by atoms with Crippen molar-refractivity contribution in [3.63, 3.8) is 0 Å². The molecule has 0 amide bonds. The molecule has 0 aliphatic heterocycles. The van der Waals surface area contributed by atoms with Gasteiger partial charge in [0.25, 0.3) is 0 Å². The second-order valence-corrected chi connectivity index (χ2v) is 3.04. The zero-order valence-corrected chi connectivity index (χ0v) is 6.27. The number of aromatic nitrogens is 2. The summed E-state index contributed by atoms with van der Waals surface area (Å²) in [6.45, 7) is 0. The fourth-order valence-corrected chi connectivity index (χ4v) is 1.21. The van der Waals surface area contributed by atoms with Crippen molar-refractivity contribution in [1.29, 1.82) is 0 Å². The molecule has 0 unspecified atom stereocenters. The standard InChI is InChI=1S/C8H11N3/c9-8(6-1-2-6)7-3-10-5-11-4-7/h3-6,8H,1-2,9H2/t8-/m1/s1. The zero-order valence-electron chi connectivity index (χ0n) is 6.27. The molecular weight excluding hydrogens is 138 g/mol. The summed E-state index contributed by atoms with van der Waals surface area (Å²) in [7, 11) is 0. The van der Waals surface area contributed by atoms with E-state index in [2.05, 4.69) is 9.97 Å². The van der Waals surface area contributed by atoms with Gasteiger partial charge in [-0.3, -0.25) is 0 Å². The highest BCUT2D eigenvalue weighted by atomic mass is 14.8. The Hall–Kier alpha value is -0.960. The molecule has 0 radical (unpaired) electrons. The van der Waals surface area contributed by atoms with Crippen LogP contribution in [-0.4, -0.2) is 9.97 Å². The summed E-state index contributed by atoms with van der Waals surface area (Å²) < 4.78 is 0. The van der Waals surface area contributed by atoms with Crippen LogP contribution in [-0.2, 0) is 0 Å². The van der Waals surface area contributed by atoms with E-state index in [-0.39, 0.29) is 6.04 Å². The van der Waals surface area contributed by atoms with Crippen molar-refractivity contribution in [2.75, 3.05) is 0 Å². The van der Waals surface area contributed by atoms with Crippen LogP contribution in [0.1, 0.15) is 24.4 Å². The van der Waals surface area contributed by atoms with E-state index in [0.29, 0.717) is 5.92 Å². The van der Waals surface area contributed by atoms with Crippen molar-refractivity contribution in [2.45, 2.75) is 18.9 Å². The van der Waals surface area contributed by atoms with E-state index >= 15 is 0 Å². The van der Waals surface area contributed by atoms with Crippen LogP contribution in [0.2, 0.25) is 0 Å². The lowest BCUT2D eigenvalue weighted by Gasteiger charge is -2.07. The van der Waals surface area contributed by atoms with Crippen LogP contribution < -0.4 is 5.73 Å². The van der Waals surface area contributed by atoms with Gasteiger partial charge >= 0.3 is 0 Å². The fraction of sp³-hybridized carbons (Fsp3) is 0.500. The molecule has 11 heavy (non-hydrogen) atoms. The van der Waals surface area contributed by atoms with Gasteiger partial charge in [-0.25, -0.2) is 9.97 Å². The van der Waals surface area contributed by atoms with Gasteiger partial charge in [-0.05, 0) is 18.8 Å². The molecule has 58 valence electrons. The molecule has 3 heteroatoms. The third kappa shape index (κ3) is 1.38. The fourth-order valence-electron chi connectivity index (χ4n) is 1.21. The Morgan fingerprint density at radius 1 is 1.36 bits per heavy atom. The average molecular weight is 149 g/mol. The highest BCUT2D eigenvalue weighted by molar-refractivity contribution is 5.11. The van der Waals surface area contributed by atoms with Crippen LogP contribution in [0.25, 0.3) is 0 Å². The van der Waals surface area contributed by atoms with Crippen molar-refractivity contribution < 1.29 is 0 Å². The smallest absolute Gasteiger partial charge is 0.115 e. The number of hydrogen-bond donors (Lipinski definition) is 1. The Morgan fingerprint density at radius 3 is 2.55 bits per heavy atom. The Kier molecular flexibility index (Phi) is 1.58. The number of hydrogen-bond acceptors (Lipinski definition) is 3. The first-order valence-electron chi connectivity index (χ1n) is 3.88. The Balaban J connectivity index is 2.15. The number of nitrogens with zero attached hydrogens (tertiary/aromatic N) is 2. The topological polar surface area (TPSA) is 51.8 Å². The SMILES string of the molecule is N[C@@H](c1cncnc1)C1CC1. The van der Waals surface area contributed by atoms with E-state index in [1.807, 2.05) is 0 Å². The number of rotatable bonds is 2. The molecule has 2 rings (SSSR count). The Labute approximate surface area is 65.7 Å². The van der Waals surface area contributed by atoms with Crippen LogP contribution in [0.4, 0.5) is 0 Å². The molecular formula is C8H11N3. The molecule has 1 aliphatic carbocycles. The maximum Gasteiger partial charge on any atom is 0.115 e. The second kappa shape index (κ2) is 2.58. The van der Waals surface area contributed by atoms with E-state index in [1.165, 1.54) is 19.2 Å². The molecule has 0 aromatic carbocycles. The largest absolute Gasteiger partial charge is 0.324 e. The van der Waals surface area contributed by atoms with E-state index in [4.69, 9.17) is 5.73 Å². The Morgan fingerprint density at radius 2 is 2.00 bits per heavy atom. The van der Waals surface area contributed by atoms with Gasteiger partial charge in [0, 0.05) is 24.0 Å². The quantitative estimate of drug-likeness (QED) is 0.679. The van der Waals surface area contributed by atoms with Crippen molar-refractivity contribution in [3.05, 3.63) is 24.3 Å². The third-order valence-corrected chi connectivity index (χ3v) is 2.10. The first-order chi connectivity index (χ1) is 5.38. The Bertz CT molecular complexity index is 230. The van der Waals surface area contributed by atoms with Crippen LogP contribution in [0.3, 0.4) is 0 Å². The van der Waals surface area contributed by atoms with Crippen molar-refractivity contribution >= 4 is 0 Å². The van der Waals surface area contributed by atoms with E-state index in [0.717, 1.165) is 5.56 Å². The minimum Gasteiger partial charge on any atom is -0.324 e. The summed E-state index contributed by atoms with van der Waals surface area (Å²) in [6.07, 6.45) is 7.65. The van der Waals surface area contributed by atoms with E-state index in [9.17, 15) is 0 Å². The molecule has 1 aromatic heterocycles. The first-order valence-corrected chi connectivity index (χ1v) is 3.88. The molecule has 3 nitrogen and oxygen atoms in total. The van der Waals surface area contributed by atoms with Gasteiger partial charge in [-0.2, -0.15) is 0 Å². The lowest BCUT2D eigenvalue weighted by Crippen LogP contribution is -2.12. The van der Waals surface area contributed by atoms with Crippen molar-refractivity contribution in [1.82, 2.24) is 9.97 Å². The summed E-state index contributed by atoms with van der Waals surface area (Å²) in [4.78, 5) is 7.85. The predicted octanol–water partition coefficient (Wildman–Crippen LogP) is 0.886. The molecule has 1 saturated carbocycles. The van der Waals surface area contributed by atoms with Crippen molar-refractivity contribution in [3.8, 4) is 0 Å². The molecule has 2 N–H and O–H groups in total. The summed E-state index contributed by atoms with van der Waals surface area (Å²) in [5.74, 6) is 0.681. The molecule has 1 aromatic rings. The summed E-state index contributed by atoms with van der Waals surface area (Å²) in [5.41, 5.74) is 6.99. The third-order valence-electron chi connectivity index (χ3n) is 2.10. The second-order valence-electron chi connectivity index (χ2n) is 3.04. The minimum absolute atomic E-state index is 0.163. The summed E-state index contributed by atoms with van der Waals surface area (Å²) in [5, 5.41) is 0. The molecule has 1 heterocycles. The van der Waals surface area contributed by atoms with Gasteiger partial charge in [-0.1, -0.05) is 0 Å². The van der Waals surface area contributed by atoms with Crippen LogP contribution >= 0.6 is 0 Å². The zero-order chi connectivity index (χ0) is 7.68. The summed E-state index contributed by atoms with van der Waals surface area (Å²) in [6, 6.07) is 0.163. The first kappa shape index (κ1) is 6.73. The number of nitrogens with two attached hydrogens (primary N) is 1. The van der Waals surface area contributed by atoms with Crippen LogP contribution in [0.15, 0.2) is 18.7 Å². The lowest BCUT2D eigenvalue weighted by molar-refractivity contribution is 0.627. The lowest BCUT2D eigenvalue weighted by atomic mass is 10.1. The van der Waals surface area contributed by atoms with Gasteiger partial charge in [0.05, 0.1) is 0 Å². The van der Waals surface area contributed by atoms with E-state index < -0.39 is 0 Å². The van der Waals surface area contributed by atoms with Crippen LogP contribution in [0, 0.1) is 5.92 Å². The predicted molar refractivity (Wildman–Crippen MR) is 41.7 cm³/mol. The van der Waals surface area contributed by atoms with E-state index in [1.54, 1.807) is 12.4 Å². The highest BCUT2D eigenvalue weighted by Gasteiger charge is 2.29. The average Bonchev–Trinajstić information content (AvgIpc) is 2.87. The normalized spacial score (nSPS) is 19.7. The van der Waals surface area contributed by atoms with Gasteiger partial charge < -0.3 is 5.73 Å². The van der Waals surface area contributed by atoms with Gasteiger partial charge in [0.2, 0.25) is 0 Å². The molecule has 1 atom stereocenters. The monoisotopic (exact) mass is 149 g/mol. The minimum atomic E-state index is 0.163. The van der Waals surface area contributed by atoms with Crippen molar-refractivity contribution in [2.24, 2.45) is 11.7 Å².